The summed E-state index contributed by atoms with van der Waals surface area (Å²) < 4.78 is 0. The summed E-state index contributed by atoms with van der Waals surface area (Å²) in [5.41, 5.74) is 3.01. The Bertz CT molecular complexity index is 500. The third kappa shape index (κ3) is 2.06. The Balaban J connectivity index is 2.00. The van der Waals surface area contributed by atoms with Crippen molar-refractivity contribution in [3.8, 4) is 11.4 Å². The molecule has 0 bridgehead atoms. The van der Waals surface area contributed by atoms with E-state index < -0.39 is 0 Å². The molecule has 0 unspecified atom stereocenters. The molecule has 17 heavy (non-hydrogen) atoms. The Kier molecular flexibility index (Phi) is 2.60. The van der Waals surface area contributed by atoms with Crippen molar-refractivity contribution in [2.75, 3.05) is 13.1 Å². The molecule has 1 fully saturated rings. The van der Waals surface area contributed by atoms with Gasteiger partial charge in [0.2, 0.25) is 0 Å². The third-order valence-corrected chi connectivity index (χ3v) is 3.11. The predicted octanol–water partition coefficient (Wildman–Crippen LogP) is 1.25. The van der Waals surface area contributed by atoms with E-state index in [1.807, 2.05) is 13.0 Å². The number of aromatic amines is 1. The van der Waals surface area contributed by atoms with Crippen LogP contribution in [0.25, 0.3) is 11.4 Å². The molecule has 5 heteroatoms. The van der Waals surface area contributed by atoms with Crippen LogP contribution >= 0.6 is 0 Å². The van der Waals surface area contributed by atoms with Gasteiger partial charge in [0.1, 0.15) is 5.82 Å². The number of aromatic nitrogens is 4. The van der Waals surface area contributed by atoms with E-state index in [-0.39, 0.29) is 0 Å². The first-order chi connectivity index (χ1) is 8.33. The van der Waals surface area contributed by atoms with Crippen LogP contribution in [-0.2, 0) is 0 Å². The van der Waals surface area contributed by atoms with Gasteiger partial charge in [0, 0.05) is 24.4 Å². The Labute approximate surface area is 99.7 Å². The lowest BCUT2D eigenvalue weighted by atomic mass is 10.0. The number of aryl methyl sites for hydroxylation is 1. The maximum atomic E-state index is 4.54. The largest absolute Gasteiger partial charge is 0.316 e. The predicted molar refractivity (Wildman–Crippen MR) is 64.6 cm³/mol. The number of nitrogens with zero attached hydrogens (tertiary/aromatic N) is 3. The molecule has 1 aliphatic rings. The summed E-state index contributed by atoms with van der Waals surface area (Å²) >= 11 is 0. The fraction of sp³-hybridized carbons (Fsp3) is 0.417. The van der Waals surface area contributed by atoms with Crippen molar-refractivity contribution >= 4 is 0 Å². The molecular weight excluding hydrogens is 214 g/mol. The standard InChI is InChI=1S/C12H15N5/c1-8-15-11(9-2-4-13-7-9)6-12(16-8)10-3-5-14-17-10/h3,5-6,9,13H,2,4,7H2,1H3,(H,14,17)/t9-/m0/s1. The van der Waals surface area contributed by atoms with Gasteiger partial charge < -0.3 is 5.32 Å². The van der Waals surface area contributed by atoms with E-state index in [4.69, 9.17) is 0 Å². The SMILES string of the molecule is Cc1nc(-c2ccn[nH]2)cc([C@H]2CCNC2)n1. The van der Waals surface area contributed by atoms with Crippen LogP contribution in [0.4, 0.5) is 0 Å². The van der Waals surface area contributed by atoms with Crippen LogP contribution in [0, 0.1) is 6.92 Å². The minimum Gasteiger partial charge on any atom is -0.316 e. The summed E-state index contributed by atoms with van der Waals surface area (Å²) in [5, 5.41) is 10.3. The summed E-state index contributed by atoms with van der Waals surface area (Å²) in [6.45, 7) is 4.03. The number of nitrogens with one attached hydrogen (secondary N) is 2. The average molecular weight is 229 g/mol. The first kappa shape index (κ1) is 10.4. The van der Waals surface area contributed by atoms with Crippen LogP contribution in [0.5, 0.6) is 0 Å². The van der Waals surface area contributed by atoms with Gasteiger partial charge in [-0.2, -0.15) is 5.10 Å². The second kappa shape index (κ2) is 4.25. The minimum atomic E-state index is 0.512. The maximum Gasteiger partial charge on any atom is 0.126 e. The molecule has 88 valence electrons. The maximum absolute atomic E-state index is 4.54. The highest BCUT2D eigenvalue weighted by atomic mass is 15.1. The Morgan fingerprint density at radius 3 is 3.00 bits per heavy atom. The summed E-state index contributed by atoms with van der Waals surface area (Å²) in [4.78, 5) is 8.99. The van der Waals surface area contributed by atoms with E-state index in [2.05, 4.69) is 31.5 Å². The summed E-state index contributed by atoms with van der Waals surface area (Å²) in [5.74, 6) is 1.33. The number of hydrogen-bond donors (Lipinski definition) is 2. The molecular formula is C12H15N5. The van der Waals surface area contributed by atoms with Crippen molar-refractivity contribution in [2.45, 2.75) is 19.3 Å². The number of rotatable bonds is 2. The Morgan fingerprint density at radius 1 is 1.35 bits per heavy atom. The van der Waals surface area contributed by atoms with E-state index in [0.717, 1.165) is 42.4 Å². The summed E-state index contributed by atoms with van der Waals surface area (Å²) in [7, 11) is 0. The van der Waals surface area contributed by atoms with E-state index in [1.54, 1.807) is 6.20 Å². The van der Waals surface area contributed by atoms with Crippen LogP contribution in [-0.4, -0.2) is 33.3 Å². The second-order valence-corrected chi connectivity index (χ2v) is 4.39. The van der Waals surface area contributed by atoms with Gasteiger partial charge in [0.15, 0.2) is 0 Å². The fourth-order valence-electron chi connectivity index (χ4n) is 2.24. The molecule has 5 nitrogen and oxygen atoms in total. The molecule has 2 aromatic heterocycles. The van der Waals surface area contributed by atoms with Gasteiger partial charge >= 0.3 is 0 Å². The zero-order chi connectivity index (χ0) is 11.7. The average Bonchev–Trinajstić information content (AvgIpc) is 3.02. The lowest BCUT2D eigenvalue weighted by Crippen LogP contribution is -2.10. The Hall–Kier alpha value is -1.75. The molecule has 0 radical (unpaired) electrons. The van der Waals surface area contributed by atoms with Gasteiger partial charge in [-0.05, 0) is 32.0 Å². The van der Waals surface area contributed by atoms with Crippen molar-refractivity contribution in [2.24, 2.45) is 0 Å². The fourth-order valence-corrected chi connectivity index (χ4v) is 2.24. The molecule has 1 aliphatic heterocycles. The van der Waals surface area contributed by atoms with E-state index >= 15 is 0 Å². The highest BCUT2D eigenvalue weighted by molar-refractivity contribution is 5.53. The molecule has 1 saturated heterocycles. The van der Waals surface area contributed by atoms with Crippen LogP contribution in [0.3, 0.4) is 0 Å². The summed E-state index contributed by atoms with van der Waals surface area (Å²) in [6, 6.07) is 4.00. The van der Waals surface area contributed by atoms with Crippen LogP contribution in [0.1, 0.15) is 23.9 Å². The van der Waals surface area contributed by atoms with Crippen molar-refractivity contribution < 1.29 is 0 Å². The highest BCUT2D eigenvalue weighted by Crippen LogP contribution is 2.23. The molecule has 0 aromatic carbocycles. The Morgan fingerprint density at radius 2 is 2.29 bits per heavy atom. The van der Waals surface area contributed by atoms with Crippen LogP contribution in [0.2, 0.25) is 0 Å². The third-order valence-electron chi connectivity index (χ3n) is 3.11. The topological polar surface area (TPSA) is 66.5 Å². The van der Waals surface area contributed by atoms with Crippen molar-refractivity contribution in [3.63, 3.8) is 0 Å². The van der Waals surface area contributed by atoms with Crippen molar-refractivity contribution in [3.05, 3.63) is 29.8 Å². The van der Waals surface area contributed by atoms with Gasteiger partial charge in [-0.15, -0.1) is 0 Å². The zero-order valence-electron chi connectivity index (χ0n) is 9.77. The molecule has 0 spiro atoms. The van der Waals surface area contributed by atoms with Crippen LogP contribution in [0.15, 0.2) is 18.3 Å². The smallest absolute Gasteiger partial charge is 0.126 e. The molecule has 2 aromatic rings. The lowest BCUT2D eigenvalue weighted by Gasteiger charge is -2.09. The van der Waals surface area contributed by atoms with Crippen molar-refractivity contribution in [1.82, 2.24) is 25.5 Å². The molecule has 0 saturated carbocycles. The van der Waals surface area contributed by atoms with Gasteiger partial charge in [-0.25, -0.2) is 9.97 Å². The van der Waals surface area contributed by atoms with Crippen molar-refractivity contribution in [1.29, 1.82) is 0 Å². The molecule has 2 N–H and O–H groups in total. The molecule has 3 heterocycles. The minimum absolute atomic E-state index is 0.512. The first-order valence-electron chi connectivity index (χ1n) is 5.89. The molecule has 0 amide bonds. The molecule has 0 aliphatic carbocycles. The number of hydrogen-bond acceptors (Lipinski definition) is 4. The quantitative estimate of drug-likeness (QED) is 0.813. The number of H-pyrrole nitrogens is 1. The van der Waals surface area contributed by atoms with Gasteiger partial charge in [0.05, 0.1) is 11.4 Å². The van der Waals surface area contributed by atoms with Gasteiger partial charge in [0.25, 0.3) is 0 Å². The van der Waals surface area contributed by atoms with E-state index in [1.165, 1.54) is 0 Å². The van der Waals surface area contributed by atoms with Gasteiger partial charge in [-0.1, -0.05) is 0 Å². The molecule has 1 atom stereocenters. The van der Waals surface area contributed by atoms with E-state index in [0.29, 0.717) is 5.92 Å². The highest BCUT2D eigenvalue weighted by Gasteiger charge is 2.19. The van der Waals surface area contributed by atoms with Crippen LogP contribution < -0.4 is 5.32 Å². The monoisotopic (exact) mass is 229 g/mol. The van der Waals surface area contributed by atoms with E-state index in [9.17, 15) is 0 Å². The normalized spacial score (nSPS) is 19.7. The molecule has 3 rings (SSSR count). The van der Waals surface area contributed by atoms with Gasteiger partial charge in [-0.3, -0.25) is 5.10 Å². The zero-order valence-corrected chi connectivity index (χ0v) is 9.77. The summed E-state index contributed by atoms with van der Waals surface area (Å²) in [6.07, 6.45) is 2.89. The second-order valence-electron chi connectivity index (χ2n) is 4.39. The first-order valence-corrected chi connectivity index (χ1v) is 5.89. The lowest BCUT2D eigenvalue weighted by molar-refractivity contribution is 0.725.